The van der Waals surface area contributed by atoms with Gasteiger partial charge in [-0.15, -0.1) is 12.4 Å². The van der Waals surface area contributed by atoms with E-state index >= 15 is 0 Å². The molecule has 0 saturated carbocycles. The molecular weight excluding hydrogens is 287 g/mol. The molecule has 4 heteroatoms. The predicted octanol–water partition coefficient (Wildman–Crippen LogP) is 3.63. The van der Waals surface area contributed by atoms with E-state index in [2.05, 4.69) is 17.1 Å². The van der Waals surface area contributed by atoms with Gasteiger partial charge in [-0.2, -0.15) is 0 Å². The van der Waals surface area contributed by atoms with E-state index in [1.807, 2.05) is 12.1 Å². The molecule has 2 unspecified atom stereocenters. The van der Waals surface area contributed by atoms with Crippen molar-refractivity contribution in [3.63, 3.8) is 0 Å². The third kappa shape index (κ3) is 3.97. The summed E-state index contributed by atoms with van der Waals surface area (Å²) in [6.45, 7) is 6.81. The maximum absolute atomic E-state index is 14.1. The maximum atomic E-state index is 14.1. The summed E-state index contributed by atoms with van der Waals surface area (Å²) in [5.74, 6) is 1.40. The number of likely N-dealkylation sites (tertiary alicyclic amines) is 1. The fraction of sp³-hybridized carbons (Fsp3) is 0.647. The Labute approximate surface area is 133 Å². The third-order valence-electron chi connectivity index (χ3n) is 4.83. The molecule has 1 aromatic carbocycles. The summed E-state index contributed by atoms with van der Waals surface area (Å²) in [5, 5.41) is 3.42. The van der Waals surface area contributed by atoms with Crippen LogP contribution in [0.25, 0.3) is 0 Å². The lowest BCUT2D eigenvalue weighted by Crippen LogP contribution is -2.36. The van der Waals surface area contributed by atoms with E-state index in [-0.39, 0.29) is 24.3 Å². The van der Waals surface area contributed by atoms with E-state index in [0.29, 0.717) is 5.92 Å². The van der Waals surface area contributed by atoms with Gasteiger partial charge in [0, 0.05) is 24.7 Å². The lowest BCUT2D eigenvalue weighted by atomic mass is 9.96. The van der Waals surface area contributed by atoms with Crippen molar-refractivity contribution < 1.29 is 4.39 Å². The topological polar surface area (TPSA) is 15.3 Å². The van der Waals surface area contributed by atoms with E-state index in [9.17, 15) is 4.39 Å². The number of hydrogen-bond acceptors (Lipinski definition) is 2. The van der Waals surface area contributed by atoms with Gasteiger partial charge in [-0.25, -0.2) is 4.39 Å². The summed E-state index contributed by atoms with van der Waals surface area (Å²) in [6, 6.07) is 7.59. The number of piperidine rings is 1. The minimum atomic E-state index is -0.0399. The van der Waals surface area contributed by atoms with Crippen LogP contribution in [0.15, 0.2) is 24.3 Å². The molecule has 0 bridgehead atoms. The zero-order valence-electron chi connectivity index (χ0n) is 12.7. The average molecular weight is 313 g/mol. The molecule has 21 heavy (non-hydrogen) atoms. The van der Waals surface area contributed by atoms with Gasteiger partial charge < -0.3 is 5.32 Å². The second-order valence-corrected chi connectivity index (χ2v) is 6.53. The quantitative estimate of drug-likeness (QED) is 0.917. The van der Waals surface area contributed by atoms with Crippen LogP contribution >= 0.6 is 12.4 Å². The molecule has 0 amide bonds. The van der Waals surface area contributed by atoms with Crippen LogP contribution in [0.3, 0.4) is 0 Å². The summed E-state index contributed by atoms with van der Waals surface area (Å²) >= 11 is 0. The van der Waals surface area contributed by atoms with E-state index < -0.39 is 0 Å². The van der Waals surface area contributed by atoms with Crippen molar-refractivity contribution in [2.24, 2.45) is 11.8 Å². The maximum Gasteiger partial charge on any atom is 0.127 e. The highest BCUT2D eigenvalue weighted by Gasteiger charge is 2.33. The highest BCUT2D eigenvalue weighted by molar-refractivity contribution is 5.85. The van der Waals surface area contributed by atoms with E-state index in [1.165, 1.54) is 12.8 Å². The van der Waals surface area contributed by atoms with Crippen LogP contribution in [0.1, 0.15) is 37.8 Å². The number of nitrogens with zero attached hydrogens (tertiary/aromatic N) is 1. The first kappa shape index (κ1) is 16.7. The van der Waals surface area contributed by atoms with Crippen molar-refractivity contribution in [2.75, 3.05) is 26.2 Å². The Morgan fingerprint density at radius 3 is 2.67 bits per heavy atom. The number of rotatable bonds is 3. The first-order valence-electron chi connectivity index (χ1n) is 7.93. The molecule has 0 radical (unpaired) electrons. The van der Waals surface area contributed by atoms with Crippen LogP contribution in [0, 0.1) is 17.7 Å². The largest absolute Gasteiger partial charge is 0.317 e. The van der Waals surface area contributed by atoms with Crippen LogP contribution in [0.4, 0.5) is 4.39 Å². The Balaban J connectivity index is 0.00000161. The van der Waals surface area contributed by atoms with Gasteiger partial charge in [-0.1, -0.05) is 25.1 Å². The van der Waals surface area contributed by atoms with Crippen LogP contribution in [-0.4, -0.2) is 31.1 Å². The fourth-order valence-corrected chi connectivity index (χ4v) is 3.80. The first-order valence-corrected chi connectivity index (χ1v) is 7.93. The number of nitrogens with one attached hydrogen (secondary N) is 1. The van der Waals surface area contributed by atoms with Gasteiger partial charge >= 0.3 is 0 Å². The molecule has 2 saturated heterocycles. The van der Waals surface area contributed by atoms with E-state index in [4.69, 9.17) is 0 Å². The zero-order chi connectivity index (χ0) is 13.9. The molecule has 1 aromatic rings. The summed E-state index contributed by atoms with van der Waals surface area (Å²) in [6.07, 6.45) is 3.61. The van der Waals surface area contributed by atoms with Gasteiger partial charge in [0.1, 0.15) is 5.82 Å². The summed E-state index contributed by atoms with van der Waals surface area (Å²) in [5.41, 5.74) is 0.894. The molecular formula is C17H26ClFN2. The Kier molecular flexibility index (Phi) is 6.03. The Morgan fingerprint density at radius 1 is 1.24 bits per heavy atom. The smallest absolute Gasteiger partial charge is 0.127 e. The third-order valence-corrected chi connectivity index (χ3v) is 4.83. The van der Waals surface area contributed by atoms with Gasteiger partial charge in [-0.3, -0.25) is 4.90 Å². The van der Waals surface area contributed by atoms with Crippen LogP contribution < -0.4 is 5.32 Å². The molecule has 2 fully saturated rings. The summed E-state index contributed by atoms with van der Waals surface area (Å²) in [7, 11) is 0. The number of benzene rings is 1. The SMILES string of the molecule is CC1CC(c2ccccc2F)N(CC2CCNCC2)C1.Cl. The minimum Gasteiger partial charge on any atom is -0.317 e. The van der Waals surface area contributed by atoms with Gasteiger partial charge in [0.25, 0.3) is 0 Å². The lowest BCUT2D eigenvalue weighted by molar-refractivity contribution is 0.188. The molecule has 2 nitrogen and oxygen atoms in total. The Morgan fingerprint density at radius 2 is 1.95 bits per heavy atom. The molecule has 0 aromatic heterocycles. The van der Waals surface area contributed by atoms with Crippen molar-refractivity contribution >= 4 is 12.4 Å². The Bertz CT molecular complexity index is 448. The minimum absolute atomic E-state index is 0. The number of hydrogen-bond donors (Lipinski definition) is 1. The molecule has 2 aliphatic heterocycles. The molecule has 2 atom stereocenters. The second kappa shape index (κ2) is 7.57. The standard InChI is InChI=1S/C17H25FN2.ClH/c1-13-10-17(15-4-2-3-5-16(15)18)20(11-13)12-14-6-8-19-9-7-14;/h2-5,13-14,17,19H,6-12H2,1H3;1H. The molecule has 3 rings (SSSR count). The second-order valence-electron chi connectivity index (χ2n) is 6.53. The van der Waals surface area contributed by atoms with Gasteiger partial charge in [-0.05, 0) is 50.3 Å². The number of halogens is 2. The Hall–Kier alpha value is -0.640. The normalized spacial score (nSPS) is 27.5. The molecule has 1 N–H and O–H groups in total. The molecule has 118 valence electrons. The van der Waals surface area contributed by atoms with Crippen molar-refractivity contribution in [3.05, 3.63) is 35.6 Å². The first-order chi connectivity index (χ1) is 9.74. The van der Waals surface area contributed by atoms with Crippen molar-refractivity contribution in [1.29, 1.82) is 0 Å². The molecule has 2 heterocycles. The van der Waals surface area contributed by atoms with Gasteiger partial charge in [0.15, 0.2) is 0 Å². The van der Waals surface area contributed by atoms with Gasteiger partial charge in [0.05, 0.1) is 0 Å². The van der Waals surface area contributed by atoms with E-state index in [1.54, 1.807) is 12.1 Å². The van der Waals surface area contributed by atoms with E-state index in [0.717, 1.165) is 44.1 Å². The van der Waals surface area contributed by atoms with Crippen molar-refractivity contribution in [2.45, 2.75) is 32.2 Å². The van der Waals surface area contributed by atoms with Crippen LogP contribution in [0.2, 0.25) is 0 Å². The lowest BCUT2D eigenvalue weighted by Gasteiger charge is -2.31. The summed E-state index contributed by atoms with van der Waals surface area (Å²) in [4.78, 5) is 2.53. The van der Waals surface area contributed by atoms with Crippen molar-refractivity contribution in [3.8, 4) is 0 Å². The molecule has 0 aliphatic carbocycles. The molecule has 0 spiro atoms. The van der Waals surface area contributed by atoms with Crippen LogP contribution in [0.5, 0.6) is 0 Å². The highest BCUT2D eigenvalue weighted by Crippen LogP contribution is 2.37. The molecule has 2 aliphatic rings. The predicted molar refractivity (Wildman–Crippen MR) is 87.3 cm³/mol. The monoisotopic (exact) mass is 312 g/mol. The average Bonchev–Trinajstić information content (AvgIpc) is 2.81. The zero-order valence-corrected chi connectivity index (χ0v) is 13.5. The highest BCUT2D eigenvalue weighted by atomic mass is 35.5. The van der Waals surface area contributed by atoms with Gasteiger partial charge in [0.2, 0.25) is 0 Å². The summed E-state index contributed by atoms with van der Waals surface area (Å²) < 4.78 is 14.1. The fourth-order valence-electron chi connectivity index (χ4n) is 3.80. The van der Waals surface area contributed by atoms with Crippen LogP contribution in [-0.2, 0) is 0 Å². The van der Waals surface area contributed by atoms with Crippen molar-refractivity contribution in [1.82, 2.24) is 10.2 Å².